The van der Waals surface area contributed by atoms with Crippen molar-refractivity contribution in [1.82, 2.24) is 10.6 Å². The normalized spacial score (nSPS) is 11.8. The Labute approximate surface area is 113 Å². The molecule has 0 aliphatic heterocycles. The highest BCUT2D eigenvalue weighted by atomic mass is 16.2. The summed E-state index contributed by atoms with van der Waals surface area (Å²) in [5.41, 5.74) is 2.13. The molecule has 0 heterocycles. The van der Waals surface area contributed by atoms with Crippen molar-refractivity contribution in [3.63, 3.8) is 0 Å². The van der Waals surface area contributed by atoms with Crippen LogP contribution in [0.2, 0.25) is 0 Å². The third kappa shape index (κ3) is 3.66. The summed E-state index contributed by atoms with van der Waals surface area (Å²) in [7, 11) is 1.66. The van der Waals surface area contributed by atoms with Crippen molar-refractivity contribution in [2.45, 2.75) is 12.6 Å². The van der Waals surface area contributed by atoms with Gasteiger partial charge in [0.05, 0.1) is 0 Å². The Morgan fingerprint density at radius 2 is 1.58 bits per heavy atom. The molecule has 2 aromatic rings. The molecule has 0 saturated carbocycles. The lowest BCUT2D eigenvalue weighted by atomic mass is 10.1. The zero-order valence-corrected chi connectivity index (χ0v) is 11.0. The monoisotopic (exact) mass is 254 g/mol. The van der Waals surface area contributed by atoms with Gasteiger partial charge < -0.3 is 5.32 Å². The van der Waals surface area contributed by atoms with Crippen LogP contribution in [0, 0.1) is 0 Å². The van der Waals surface area contributed by atoms with Crippen molar-refractivity contribution in [1.29, 1.82) is 0 Å². The van der Waals surface area contributed by atoms with Crippen LogP contribution >= 0.6 is 0 Å². The van der Waals surface area contributed by atoms with Crippen LogP contribution in [0.15, 0.2) is 60.7 Å². The first-order valence-electron chi connectivity index (χ1n) is 6.35. The van der Waals surface area contributed by atoms with Gasteiger partial charge in [-0.1, -0.05) is 60.7 Å². The molecule has 0 radical (unpaired) electrons. The Hall–Kier alpha value is -2.13. The quantitative estimate of drug-likeness (QED) is 0.859. The van der Waals surface area contributed by atoms with Crippen LogP contribution in [-0.2, 0) is 11.3 Å². The summed E-state index contributed by atoms with van der Waals surface area (Å²) in [6, 6.07) is 19.5. The summed E-state index contributed by atoms with van der Waals surface area (Å²) in [5, 5.41) is 5.99. The molecule has 2 N–H and O–H groups in total. The number of carbonyl (C=O) groups is 1. The van der Waals surface area contributed by atoms with Crippen LogP contribution < -0.4 is 10.6 Å². The molecule has 0 saturated heterocycles. The lowest BCUT2D eigenvalue weighted by Gasteiger charge is -2.17. The van der Waals surface area contributed by atoms with Gasteiger partial charge in [0.15, 0.2) is 0 Å². The van der Waals surface area contributed by atoms with Crippen LogP contribution in [0.1, 0.15) is 17.2 Å². The van der Waals surface area contributed by atoms with Gasteiger partial charge in [-0.3, -0.25) is 10.1 Å². The molecule has 0 bridgehead atoms. The molecule has 19 heavy (non-hydrogen) atoms. The SMILES string of the molecule is CNC(=O)C(NCc1ccccc1)c1ccccc1. The Morgan fingerprint density at radius 1 is 1.00 bits per heavy atom. The molecule has 1 amide bonds. The van der Waals surface area contributed by atoms with Gasteiger partial charge in [-0.2, -0.15) is 0 Å². The van der Waals surface area contributed by atoms with E-state index in [2.05, 4.69) is 10.6 Å². The molecule has 0 aliphatic carbocycles. The maximum atomic E-state index is 12.0. The lowest BCUT2D eigenvalue weighted by Crippen LogP contribution is -2.35. The van der Waals surface area contributed by atoms with Crippen LogP contribution in [0.4, 0.5) is 0 Å². The number of hydrogen-bond acceptors (Lipinski definition) is 2. The van der Waals surface area contributed by atoms with E-state index in [1.165, 1.54) is 0 Å². The highest BCUT2D eigenvalue weighted by Gasteiger charge is 2.18. The fraction of sp³-hybridized carbons (Fsp3) is 0.188. The molecular weight excluding hydrogens is 236 g/mol. The molecule has 0 spiro atoms. The first kappa shape index (κ1) is 13.3. The third-order valence-electron chi connectivity index (χ3n) is 2.99. The second-order valence-corrected chi connectivity index (χ2v) is 4.32. The van der Waals surface area contributed by atoms with Crippen LogP contribution in [0.25, 0.3) is 0 Å². The predicted octanol–water partition coefficient (Wildman–Crippen LogP) is 2.26. The molecule has 0 aromatic heterocycles. The van der Waals surface area contributed by atoms with Crippen LogP contribution in [0.5, 0.6) is 0 Å². The van der Waals surface area contributed by atoms with Crippen molar-refractivity contribution in [3.05, 3.63) is 71.8 Å². The van der Waals surface area contributed by atoms with E-state index in [-0.39, 0.29) is 11.9 Å². The molecular formula is C16H18N2O. The maximum Gasteiger partial charge on any atom is 0.241 e. The van der Waals surface area contributed by atoms with E-state index in [1.807, 2.05) is 60.7 Å². The Balaban J connectivity index is 2.09. The summed E-state index contributed by atoms with van der Waals surface area (Å²) < 4.78 is 0. The average Bonchev–Trinajstić information content (AvgIpc) is 2.49. The summed E-state index contributed by atoms with van der Waals surface area (Å²) >= 11 is 0. The van der Waals surface area contributed by atoms with E-state index in [1.54, 1.807) is 7.05 Å². The highest BCUT2D eigenvalue weighted by molar-refractivity contribution is 5.82. The number of benzene rings is 2. The molecule has 3 heteroatoms. The number of likely N-dealkylation sites (N-methyl/N-ethyl adjacent to an activating group) is 1. The second-order valence-electron chi connectivity index (χ2n) is 4.32. The highest BCUT2D eigenvalue weighted by Crippen LogP contribution is 2.13. The predicted molar refractivity (Wildman–Crippen MR) is 76.5 cm³/mol. The molecule has 0 aliphatic rings. The van der Waals surface area contributed by atoms with Gasteiger partial charge in [-0.15, -0.1) is 0 Å². The zero-order chi connectivity index (χ0) is 13.5. The van der Waals surface area contributed by atoms with Gasteiger partial charge in [0.25, 0.3) is 0 Å². The van der Waals surface area contributed by atoms with E-state index in [4.69, 9.17) is 0 Å². The first-order chi connectivity index (χ1) is 9.31. The standard InChI is InChI=1S/C16H18N2O/c1-17-16(19)15(14-10-6-3-7-11-14)18-12-13-8-4-2-5-9-13/h2-11,15,18H,12H2,1H3,(H,17,19). The summed E-state index contributed by atoms with van der Waals surface area (Å²) in [6.45, 7) is 0.661. The molecule has 0 fully saturated rings. The van der Waals surface area contributed by atoms with Gasteiger partial charge in [0.2, 0.25) is 5.91 Å². The van der Waals surface area contributed by atoms with Gasteiger partial charge in [-0.25, -0.2) is 0 Å². The van der Waals surface area contributed by atoms with Gasteiger partial charge in [0, 0.05) is 13.6 Å². The Bertz CT molecular complexity index is 511. The van der Waals surface area contributed by atoms with E-state index >= 15 is 0 Å². The largest absolute Gasteiger partial charge is 0.358 e. The van der Waals surface area contributed by atoms with E-state index in [0.29, 0.717) is 6.54 Å². The van der Waals surface area contributed by atoms with Gasteiger partial charge in [-0.05, 0) is 11.1 Å². The van der Waals surface area contributed by atoms with Crippen molar-refractivity contribution < 1.29 is 4.79 Å². The first-order valence-corrected chi connectivity index (χ1v) is 6.35. The number of rotatable bonds is 5. The smallest absolute Gasteiger partial charge is 0.241 e. The van der Waals surface area contributed by atoms with Crippen molar-refractivity contribution >= 4 is 5.91 Å². The summed E-state index contributed by atoms with van der Waals surface area (Å²) in [4.78, 5) is 12.0. The maximum absolute atomic E-state index is 12.0. The fourth-order valence-electron chi connectivity index (χ4n) is 1.97. The summed E-state index contributed by atoms with van der Waals surface area (Å²) in [6.07, 6.45) is 0. The molecule has 98 valence electrons. The van der Waals surface area contributed by atoms with Crippen molar-refractivity contribution in [3.8, 4) is 0 Å². The third-order valence-corrected chi connectivity index (χ3v) is 2.99. The molecule has 1 unspecified atom stereocenters. The van der Waals surface area contributed by atoms with Crippen LogP contribution in [-0.4, -0.2) is 13.0 Å². The Morgan fingerprint density at radius 3 is 2.16 bits per heavy atom. The summed E-state index contributed by atoms with van der Waals surface area (Å²) in [5.74, 6) is -0.0258. The van der Waals surface area contributed by atoms with E-state index in [9.17, 15) is 4.79 Å². The molecule has 1 atom stereocenters. The second kappa shape index (κ2) is 6.71. The number of amides is 1. The minimum atomic E-state index is -0.327. The number of nitrogens with one attached hydrogen (secondary N) is 2. The zero-order valence-electron chi connectivity index (χ0n) is 11.0. The van der Waals surface area contributed by atoms with Gasteiger partial charge in [0.1, 0.15) is 6.04 Å². The van der Waals surface area contributed by atoms with Crippen molar-refractivity contribution in [2.24, 2.45) is 0 Å². The minimum absolute atomic E-state index is 0.0258. The van der Waals surface area contributed by atoms with E-state index < -0.39 is 0 Å². The van der Waals surface area contributed by atoms with Crippen molar-refractivity contribution in [2.75, 3.05) is 7.05 Å². The fourth-order valence-corrected chi connectivity index (χ4v) is 1.97. The van der Waals surface area contributed by atoms with Gasteiger partial charge >= 0.3 is 0 Å². The molecule has 2 rings (SSSR count). The van der Waals surface area contributed by atoms with Crippen LogP contribution in [0.3, 0.4) is 0 Å². The Kier molecular flexibility index (Phi) is 4.70. The minimum Gasteiger partial charge on any atom is -0.358 e. The molecule has 2 aromatic carbocycles. The number of carbonyl (C=O) groups excluding carboxylic acids is 1. The van der Waals surface area contributed by atoms with E-state index in [0.717, 1.165) is 11.1 Å². The number of hydrogen-bond donors (Lipinski definition) is 2. The molecule has 3 nitrogen and oxygen atoms in total. The lowest BCUT2D eigenvalue weighted by molar-refractivity contribution is -0.122. The topological polar surface area (TPSA) is 41.1 Å². The average molecular weight is 254 g/mol.